The first-order valence-corrected chi connectivity index (χ1v) is 5.88. The monoisotopic (exact) mass is 288 g/mol. The minimum Gasteiger partial charge on any atom is -0.438 e. The predicted octanol–water partition coefficient (Wildman–Crippen LogP) is 2.19. The second kappa shape index (κ2) is 5.87. The summed E-state index contributed by atoms with van der Waals surface area (Å²) >= 11 is 0. The van der Waals surface area contributed by atoms with Crippen LogP contribution >= 0.6 is 0 Å². The molecule has 8 nitrogen and oxygen atoms in total. The van der Waals surface area contributed by atoms with E-state index in [0.29, 0.717) is 11.3 Å². The van der Waals surface area contributed by atoms with Gasteiger partial charge in [0, 0.05) is 23.9 Å². The molecule has 0 saturated heterocycles. The van der Waals surface area contributed by atoms with Crippen LogP contribution in [0.4, 0.5) is 5.69 Å². The van der Waals surface area contributed by atoms with E-state index in [1.165, 1.54) is 24.4 Å². The van der Waals surface area contributed by atoms with Crippen molar-refractivity contribution in [2.75, 3.05) is 0 Å². The average molecular weight is 288 g/mol. The number of nitro benzene ring substituents is 1. The van der Waals surface area contributed by atoms with Crippen LogP contribution in [-0.4, -0.2) is 21.0 Å². The number of nitrogens with two attached hydrogens (primary N) is 1. The van der Waals surface area contributed by atoms with Crippen LogP contribution < -0.4 is 10.5 Å². The highest BCUT2D eigenvalue weighted by molar-refractivity contribution is 5.97. The molecule has 1 aromatic heterocycles. The molecule has 1 aromatic carbocycles. The normalized spacial score (nSPS) is 11.2. The van der Waals surface area contributed by atoms with Crippen molar-refractivity contribution in [1.29, 1.82) is 0 Å². The molecule has 2 aromatic rings. The standard InChI is InChI=1S/C13H12N4O4/c1-8-2-3-10(17(19)20)7-11(8)21-12-6-9(4-5-15-12)13(14)16-18/h2-7,18H,1H3,(H2,14,16). The summed E-state index contributed by atoms with van der Waals surface area (Å²) in [5.41, 5.74) is 6.54. The number of non-ortho nitro benzene ring substituents is 1. The van der Waals surface area contributed by atoms with E-state index in [1.807, 2.05) is 0 Å². The van der Waals surface area contributed by atoms with Crippen LogP contribution in [0.3, 0.4) is 0 Å². The van der Waals surface area contributed by atoms with Gasteiger partial charge in [-0.25, -0.2) is 4.98 Å². The predicted molar refractivity (Wildman–Crippen MR) is 74.7 cm³/mol. The van der Waals surface area contributed by atoms with E-state index in [4.69, 9.17) is 15.7 Å². The van der Waals surface area contributed by atoms with Crippen LogP contribution in [-0.2, 0) is 0 Å². The van der Waals surface area contributed by atoms with Crippen molar-refractivity contribution < 1.29 is 14.9 Å². The fourth-order valence-electron chi connectivity index (χ4n) is 1.61. The summed E-state index contributed by atoms with van der Waals surface area (Å²) in [5, 5.41) is 22.3. The van der Waals surface area contributed by atoms with Crippen LogP contribution in [0, 0.1) is 17.0 Å². The maximum atomic E-state index is 10.8. The Balaban J connectivity index is 2.34. The third-order valence-electron chi connectivity index (χ3n) is 2.74. The van der Waals surface area contributed by atoms with Crippen molar-refractivity contribution in [3.63, 3.8) is 0 Å². The summed E-state index contributed by atoms with van der Waals surface area (Å²) in [7, 11) is 0. The number of oxime groups is 1. The minimum absolute atomic E-state index is 0.0804. The van der Waals surface area contributed by atoms with Gasteiger partial charge in [-0.3, -0.25) is 10.1 Å². The third-order valence-corrected chi connectivity index (χ3v) is 2.74. The van der Waals surface area contributed by atoms with Gasteiger partial charge in [-0.15, -0.1) is 0 Å². The van der Waals surface area contributed by atoms with Crippen LogP contribution in [0.2, 0.25) is 0 Å². The number of hydrogen-bond acceptors (Lipinski definition) is 6. The van der Waals surface area contributed by atoms with Gasteiger partial charge in [0.2, 0.25) is 5.88 Å². The van der Waals surface area contributed by atoms with Gasteiger partial charge in [0.15, 0.2) is 5.84 Å². The van der Waals surface area contributed by atoms with Crippen molar-refractivity contribution in [1.82, 2.24) is 4.98 Å². The Labute approximate surface area is 119 Å². The molecule has 2 rings (SSSR count). The van der Waals surface area contributed by atoms with Gasteiger partial charge >= 0.3 is 0 Å². The Bertz CT molecular complexity index is 715. The number of benzene rings is 1. The lowest BCUT2D eigenvalue weighted by Gasteiger charge is -2.08. The number of ether oxygens (including phenoxy) is 1. The van der Waals surface area contributed by atoms with E-state index in [2.05, 4.69) is 10.1 Å². The van der Waals surface area contributed by atoms with Crippen LogP contribution in [0.5, 0.6) is 11.6 Å². The highest BCUT2D eigenvalue weighted by atomic mass is 16.6. The lowest BCUT2D eigenvalue weighted by atomic mass is 10.2. The van der Waals surface area contributed by atoms with E-state index < -0.39 is 4.92 Å². The Morgan fingerprint density at radius 1 is 1.43 bits per heavy atom. The molecule has 108 valence electrons. The number of aromatic nitrogens is 1. The first-order chi connectivity index (χ1) is 10.0. The number of hydrogen-bond donors (Lipinski definition) is 2. The second-order valence-corrected chi connectivity index (χ2v) is 4.18. The van der Waals surface area contributed by atoms with E-state index in [1.54, 1.807) is 19.1 Å². The van der Waals surface area contributed by atoms with Crippen LogP contribution in [0.15, 0.2) is 41.7 Å². The summed E-state index contributed by atoms with van der Waals surface area (Å²) < 4.78 is 5.53. The first-order valence-electron chi connectivity index (χ1n) is 5.88. The van der Waals surface area contributed by atoms with Gasteiger partial charge in [0.1, 0.15) is 5.75 Å². The molecule has 0 fully saturated rings. The maximum Gasteiger partial charge on any atom is 0.273 e. The van der Waals surface area contributed by atoms with Crippen molar-refractivity contribution >= 4 is 11.5 Å². The van der Waals surface area contributed by atoms with Crippen molar-refractivity contribution in [3.05, 3.63) is 57.8 Å². The SMILES string of the molecule is Cc1ccc([N+](=O)[O-])cc1Oc1cc(/C(N)=N/O)ccn1. The fourth-order valence-corrected chi connectivity index (χ4v) is 1.61. The van der Waals surface area contributed by atoms with Crippen molar-refractivity contribution in [2.24, 2.45) is 10.9 Å². The maximum absolute atomic E-state index is 10.8. The molecule has 0 spiro atoms. The molecule has 0 aliphatic heterocycles. The molecular formula is C13H12N4O4. The molecule has 0 amide bonds. The van der Waals surface area contributed by atoms with Gasteiger partial charge < -0.3 is 15.7 Å². The second-order valence-electron chi connectivity index (χ2n) is 4.18. The number of nitrogens with zero attached hydrogens (tertiary/aromatic N) is 3. The van der Waals surface area contributed by atoms with E-state index in [-0.39, 0.29) is 17.4 Å². The smallest absolute Gasteiger partial charge is 0.273 e. The molecule has 3 N–H and O–H groups in total. The van der Waals surface area contributed by atoms with E-state index in [0.717, 1.165) is 5.56 Å². The molecule has 0 bridgehead atoms. The van der Waals surface area contributed by atoms with Crippen molar-refractivity contribution in [3.8, 4) is 11.6 Å². The molecule has 0 unspecified atom stereocenters. The minimum atomic E-state index is -0.507. The van der Waals surface area contributed by atoms with E-state index in [9.17, 15) is 10.1 Å². The lowest BCUT2D eigenvalue weighted by Crippen LogP contribution is -2.13. The van der Waals surface area contributed by atoms with Gasteiger partial charge in [-0.2, -0.15) is 0 Å². The largest absolute Gasteiger partial charge is 0.438 e. The van der Waals surface area contributed by atoms with Gasteiger partial charge in [-0.05, 0) is 24.6 Å². The summed E-state index contributed by atoms with van der Waals surface area (Å²) in [5.74, 6) is 0.411. The van der Waals surface area contributed by atoms with Gasteiger partial charge in [0.25, 0.3) is 5.69 Å². The molecule has 0 aliphatic carbocycles. The first kappa shape index (κ1) is 14.3. The summed E-state index contributed by atoms with van der Waals surface area (Å²) in [6, 6.07) is 7.30. The molecule has 0 atom stereocenters. The topological polar surface area (TPSA) is 124 Å². The number of amidine groups is 1. The Morgan fingerprint density at radius 3 is 2.86 bits per heavy atom. The molecular weight excluding hydrogens is 276 g/mol. The van der Waals surface area contributed by atoms with Crippen LogP contribution in [0.25, 0.3) is 0 Å². The number of aryl methyl sites for hydroxylation is 1. The number of pyridine rings is 1. The highest BCUT2D eigenvalue weighted by Gasteiger charge is 2.11. The Morgan fingerprint density at radius 2 is 2.19 bits per heavy atom. The van der Waals surface area contributed by atoms with Crippen molar-refractivity contribution in [2.45, 2.75) is 6.92 Å². The zero-order valence-corrected chi connectivity index (χ0v) is 11.1. The average Bonchev–Trinajstić information content (AvgIpc) is 2.48. The molecule has 8 heteroatoms. The summed E-state index contributed by atoms with van der Waals surface area (Å²) in [6.07, 6.45) is 1.43. The Hall–Kier alpha value is -3.16. The zero-order chi connectivity index (χ0) is 15.4. The number of nitro groups is 1. The summed E-state index contributed by atoms with van der Waals surface area (Å²) in [6.45, 7) is 1.76. The molecule has 1 heterocycles. The van der Waals surface area contributed by atoms with Gasteiger partial charge in [-0.1, -0.05) is 5.16 Å². The molecule has 0 saturated carbocycles. The zero-order valence-electron chi connectivity index (χ0n) is 11.1. The molecule has 21 heavy (non-hydrogen) atoms. The molecule has 0 radical (unpaired) electrons. The third kappa shape index (κ3) is 3.24. The van der Waals surface area contributed by atoms with Gasteiger partial charge in [0.05, 0.1) is 11.0 Å². The summed E-state index contributed by atoms with van der Waals surface area (Å²) in [4.78, 5) is 14.2. The number of rotatable bonds is 4. The van der Waals surface area contributed by atoms with E-state index >= 15 is 0 Å². The fraction of sp³-hybridized carbons (Fsp3) is 0.0769. The lowest BCUT2D eigenvalue weighted by molar-refractivity contribution is -0.384. The molecule has 0 aliphatic rings. The van der Waals surface area contributed by atoms with Crippen LogP contribution in [0.1, 0.15) is 11.1 Å². The Kier molecular flexibility index (Phi) is 3.98. The highest BCUT2D eigenvalue weighted by Crippen LogP contribution is 2.28. The quantitative estimate of drug-likeness (QED) is 0.292.